The third kappa shape index (κ3) is 2.68. The highest BCUT2D eigenvalue weighted by atomic mass is 35.5. The molecule has 6 heteroatoms. The summed E-state index contributed by atoms with van der Waals surface area (Å²) in [6.07, 6.45) is 4.87. The second-order valence-corrected chi connectivity index (χ2v) is 6.29. The number of hydrogen-bond donors (Lipinski definition) is 0. The molecule has 2 aliphatic rings. The molecule has 1 aromatic rings. The first-order chi connectivity index (χ1) is 9.65. The zero-order valence-corrected chi connectivity index (χ0v) is 13.0. The highest BCUT2D eigenvalue weighted by molar-refractivity contribution is 6.28. The van der Waals surface area contributed by atoms with E-state index in [1.54, 1.807) is 0 Å². The lowest BCUT2D eigenvalue weighted by molar-refractivity contribution is 0.359. The van der Waals surface area contributed by atoms with Crippen molar-refractivity contribution in [1.82, 2.24) is 15.0 Å². The Bertz CT molecular complexity index is 475. The van der Waals surface area contributed by atoms with Crippen LogP contribution in [-0.4, -0.2) is 40.6 Å². The van der Waals surface area contributed by atoms with E-state index in [2.05, 4.69) is 38.6 Å². The number of rotatable bonds is 2. The molecule has 3 heterocycles. The van der Waals surface area contributed by atoms with Crippen LogP contribution in [0.1, 0.15) is 39.5 Å². The van der Waals surface area contributed by atoms with Gasteiger partial charge in [0.05, 0.1) is 0 Å². The van der Waals surface area contributed by atoms with Crippen LogP contribution in [-0.2, 0) is 0 Å². The van der Waals surface area contributed by atoms with E-state index in [9.17, 15) is 0 Å². The predicted octanol–water partition coefficient (Wildman–Crippen LogP) is 2.75. The van der Waals surface area contributed by atoms with Crippen LogP contribution in [0.4, 0.5) is 11.9 Å². The Balaban J connectivity index is 1.88. The van der Waals surface area contributed by atoms with Crippen LogP contribution in [0.15, 0.2) is 0 Å². The molecule has 0 aliphatic carbocycles. The van der Waals surface area contributed by atoms with Gasteiger partial charge in [-0.15, -0.1) is 0 Å². The maximum absolute atomic E-state index is 6.12. The molecule has 0 amide bonds. The minimum absolute atomic E-state index is 0.308. The normalized spacial score (nSPS) is 27.1. The van der Waals surface area contributed by atoms with Crippen molar-refractivity contribution in [3.05, 3.63) is 5.28 Å². The summed E-state index contributed by atoms with van der Waals surface area (Å²) in [5.41, 5.74) is 0. The summed E-state index contributed by atoms with van der Waals surface area (Å²) in [6.45, 7) is 7.58. The lowest BCUT2D eigenvalue weighted by Crippen LogP contribution is -2.43. The van der Waals surface area contributed by atoms with Crippen molar-refractivity contribution in [2.45, 2.75) is 45.6 Å². The largest absolute Gasteiger partial charge is 0.341 e. The average molecular weight is 296 g/mol. The molecular formula is C14H22ClN5. The maximum atomic E-state index is 6.12. The van der Waals surface area contributed by atoms with Crippen LogP contribution in [0.25, 0.3) is 0 Å². The van der Waals surface area contributed by atoms with E-state index in [0.717, 1.165) is 31.5 Å². The van der Waals surface area contributed by atoms with Gasteiger partial charge in [-0.3, -0.25) is 0 Å². The molecule has 0 N–H and O–H groups in total. The van der Waals surface area contributed by atoms with Gasteiger partial charge in [-0.05, 0) is 50.1 Å². The standard InChI is InChI=1S/C14H22ClN5/c1-10-6-5-9-20(11(10)2)14-17-12(15)16-13(18-14)19-7-3-4-8-19/h10-11H,3-9H2,1-2H3. The van der Waals surface area contributed by atoms with Gasteiger partial charge in [-0.25, -0.2) is 0 Å². The van der Waals surface area contributed by atoms with Gasteiger partial charge in [-0.1, -0.05) is 6.92 Å². The molecule has 0 radical (unpaired) electrons. The predicted molar refractivity (Wildman–Crippen MR) is 81.5 cm³/mol. The third-order valence-corrected chi connectivity index (χ3v) is 4.77. The topological polar surface area (TPSA) is 45.2 Å². The van der Waals surface area contributed by atoms with E-state index in [1.807, 2.05) is 0 Å². The summed E-state index contributed by atoms with van der Waals surface area (Å²) < 4.78 is 0. The van der Waals surface area contributed by atoms with Gasteiger partial charge in [0.25, 0.3) is 0 Å². The zero-order chi connectivity index (χ0) is 14.1. The van der Waals surface area contributed by atoms with Crippen LogP contribution < -0.4 is 9.80 Å². The number of halogens is 1. The van der Waals surface area contributed by atoms with Gasteiger partial charge in [0.1, 0.15) is 0 Å². The Kier molecular flexibility index (Phi) is 3.96. The summed E-state index contributed by atoms with van der Waals surface area (Å²) in [7, 11) is 0. The summed E-state index contributed by atoms with van der Waals surface area (Å²) in [4.78, 5) is 17.8. The van der Waals surface area contributed by atoms with Gasteiger partial charge in [0, 0.05) is 25.7 Å². The molecule has 20 heavy (non-hydrogen) atoms. The zero-order valence-electron chi connectivity index (χ0n) is 12.2. The molecule has 5 nitrogen and oxygen atoms in total. The lowest BCUT2D eigenvalue weighted by atomic mass is 9.92. The van der Waals surface area contributed by atoms with Gasteiger partial charge in [0.15, 0.2) is 0 Å². The second kappa shape index (κ2) is 5.72. The summed E-state index contributed by atoms with van der Waals surface area (Å²) >= 11 is 6.12. The molecule has 1 aromatic heterocycles. The van der Waals surface area contributed by atoms with Crippen molar-refractivity contribution in [1.29, 1.82) is 0 Å². The van der Waals surface area contributed by atoms with E-state index in [-0.39, 0.29) is 0 Å². The van der Waals surface area contributed by atoms with Crippen molar-refractivity contribution < 1.29 is 0 Å². The van der Waals surface area contributed by atoms with E-state index < -0.39 is 0 Å². The SMILES string of the molecule is CC1CCCN(c2nc(Cl)nc(N3CCCC3)n2)C1C. The van der Waals surface area contributed by atoms with Crippen LogP contribution in [0.2, 0.25) is 5.28 Å². The average Bonchev–Trinajstić information content (AvgIpc) is 2.95. The molecule has 0 bridgehead atoms. The molecule has 2 unspecified atom stereocenters. The molecule has 2 aliphatic heterocycles. The quantitative estimate of drug-likeness (QED) is 0.839. The first-order valence-electron chi connectivity index (χ1n) is 7.58. The summed E-state index contributed by atoms with van der Waals surface area (Å²) in [5.74, 6) is 2.14. The van der Waals surface area contributed by atoms with Crippen LogP contribution in [0.3, 0.4) is 0 Å². The van der Waals surface area contributed by atoms with Crippen molar-refractivity contribution in [2.75, 3.05) is 29.4 Å². The van der Waals surface area contributed by atoms with Gasteiger partial charge >= 0.3 is 0 Å². The molecular weight excluding hydrogens is 274 g/mol. The molecule has 2 saturated heterocycles. The third-order valence-electron chi connectivity index (χ3n) is 4.60. The first kappa shape index (κ1) is 13.9. The van der Waals surface area contributed by atoms with Gasteiger partial charge < -0.3 is 9.80 Å². The lowest BCUT2D eigenvalue weighted by Gasteiger charge is -2.38. The number of piperidine rings is 1. The number of nitrogens with zero attached hydrogens (tertiary/aromatic N) is 5. The fourth-order valence-corrected chi connectivity index (χ4v) is 3.29. The number of aromatic nitrogens is 3. The highest BCUT2D eigenvalue weighted by Crippen LogP contribution is 2.28. The minimum atomic E-state index is 0.308. The van der Waals surface area contributed by atoms with E-state index in [0.29, 0.717) is 17.2 Å². The van der Waals surface area contributed by atoms with E-state index in [1.165, 1.54) is 25.7 Å². The van der Waals surface area contributed by atoms with Crippen LogP contribution in [0, 0.1) is 5.92 Å². The van der Waals surface area contributed by atoms with Gasteiger partial charge in [-0.2, -0.15) is 15.0 Å². The van der Waals surface area contributed by atoms with E-state index in [4.69, 9.17) is 11.6 Å². The fraction of sp³-hybridized carbons (Fsp3) is 0.786. The van der Waals surface area contributed by atoms with E-state index >= 15 is 0 Å². The van der Waals surface area contributed by atoms with Gasteiger partial charge in [0.2, 0.25) is 17.2 Å². The monoisotopic (exact) mass is 295 g/mol. The molecule has 0 saturated carbocycles. The Hall–Kier alpha value is -1.10. The first-order valence-corrected chi connectivity index (χ1v) is 7.96. The summed E-state index contributed by atoms with van der Waals surface area (Å²) in [6, 6.07) is 0.452. The summed E-state index contributed by atoms with van der Waals surface area (Å²) in [5, 5.41) is 0.308. The van der Waals surface area contributed by atoms with Crippen molar-refractivity contribution >= 4 is 23.5 Å². The smallest absolute Gasteiger partial charge is 0.231 e. The molecule has 2 atom stereocenters. The van der Waals surface area contributed by atoms with Crippen molar-refractivity contribution in [3.8, 4) is 0 Å². The molecule has 2 fully saturated rings. The molecule has 0 aromatic carbocycles. The maximum Gasteiger partial charge on any atom is 0.231 e. The molecule has 0 spiro atoms. The highest BCUT2D eigenvalue weighted by Gasteiger charge is 2.28. The number of hydrogen-bond acceptors (Lipinski definition) is 5. The second-order valence-electron chi connectivity index (χ2n) is 5.95. The number of anilines is 2. The fourth-order valence-electron chi connectivity index (χ4n) is 3.13. The van der Waals surface area contributed by atoms with Crippen LogP contribution in [0.5, 0.6) is 0 Å². The molecule has 110 valence electrons. The Morgan fingerprint density at radius 3 is 2.40 bits per heavy atom. The Morgan fingerprint density at radius 2 is 1.65 bits per heavy atom. The molecule has 3 rings (SSSR count). The van der Waals surface area contributed by atoms with Crippen molar-refractivity contribution in [3.63, 3.8) is 0 Å². The Labute approximate surface area is 125 Å². The minimum Gasteiger partial charge on any atom is -0.341 e. The van der Waals surface area contributed by atoms with Crippen LogP contribution >= 0.6 is 11.6 Å². The Morgan fingerprint density at radius 1 is 0.950 bits per heavy atom. The van der Waals surface area contributed by atoms with Crippen molar-refractivity contribution in [2.24, 2.45) is 5.92 Å².